The number of piperidine rings is 1. The van der Waals surface area contributed by atoms with Crippen LogP contribution in [0.25, 0.3) is 11.3 Å². The number of benzene rings is 1. The standard InChI is InChI=1S/C21H23FN4O3/c22-17-3-1-2-15(10-17)18-4-5-20(25-24-18)29-13-14-7-9-26(12-14)21(28)16-6-8-23-19(27)11-16/h1-5,10,14,16H,6-9,11-13H2,(H,23,27). The maximum absolute atomic E-state index is 13.3. The summed E-state index contributed by atoms with van der Waals surface area (Å²) in [6.07, 6.45) is 1.85. The molecule has 8 heteroatoms. The predicted octanol–water partition coefficient (Wildman–Crippen LogP) is 2.04. The first kappa shape index (κ1) is 19.3. The zero-order valence-electron chi connectivity index (χ0n) is 16.0. The van der Waals surface area contributed by atoms with E-state index < -0.39 is 0 Å². The van der Waals surface area contributed by atoms with Crippen LogP contribution in [0.15, 0.2) is 36.4 Å². The Balaban J connectivity index is 1.27. The number of nitrogens with zero attached hydrogens (tertiary/aromatic N) is 3. The maximum atomic E-state index is 13.3. The molecule has 2 aliphatic heterocycles. The van der Waals surface area contributed by atoms with Crippen molar-refractivity contribution in [2.45, 2.75) is 19.3 Å². The number of likely N-dealkylation sites (tertiary alicyclic amines) is 1. The number of aromatic nitrogens is 2. The zero-order valence-corrected chi connectivity index (χ0v) is 16.0. The van der Waals surface area contributed by atoms with Crippen molar-refractivity contribution in [3.05, 3.63) is 42.2 Å². The van der Waals surface area contributed by atoms with Crippen LogP contribution in [0.4, 0.5) is 4.39 Å². The summed E-state index contributed by atoms with van der Waals surface area (Å²) in [5.74, 6) is 0.124. The van der Waals surface area contributed by atoms with Crippen molar-refractivity contribution in [3.63, 3.8) is 0 Å². The number of hydrogen-bond donors (Lipinski definition) is 1. The van der Waals surface area contributed by atoms with Gasteiger partial charge in [-0.1, -0.05) is 12.1 Å². The Hall–Kier alpha value is -3.03. The van der Waals surface area contributed by atoms with E-state index in [4.69, 9.17) is 4.74 Å². The summed E-state index contributed by atoms with van der Waals surface area (Å²) >= 11 is 0. The fourth-order valence-electron chi connectivity index (χ4n) is 3.82. The molecule has 0 aliphatic carbocycles. The van der Waals surface area contributed by atoms with Crippen LogP contribution < -0.4 is 10.1 Å². The molecule has 7 nitrogen and oxygen atoms in total. The molecule has 0 saturated carbocycles. The largest absolute Gasteiger partial charge is 0.476 e. The summed E-state index contributed by atoms with van der Waals surface area (Å²) in [6.45, 7) is 2.34. The molecule has 2 aromatic rings. The first-order valence-corrected chi connectivity index (χ1v) is 9.86. The smallest absolute Gasteiger partial charge is 0.233 e. The van der Waals surface area contributed by atoms with Crippen LogP contribution in [0.1, 0.15) is 19.3 Å². The van der Waals surface area contributed by atoms with E-state index in [-0.39, 0.29) is 35.9 Å². The van der Waals surface area contributed by atoms with Crippen LogP contribution in [0.5, 0.6) is 5.88 Å². The van der Waals surface area contributed by atoms with Crippen LogP contribution in [-0.4, -0.2) is 53.2 Å². The van der Waals surface area contributed by atoms with Crippen LogP contribution in [0, 0.1) is 17.7 Å². The van der Waals surface area contributed by atoms with Gasteiger partial charge in [0.1, 0.15) is 5.82 Å². The lowest BCUT2D eigenvalue weighted by molar-refractivity contribution is -0.139. The molecule has 0 bridgehead atoms. The van der Waals surface area contributed by atoms with E-state index in [1.807, 2.05) is 4.90 Å². The highest BCUT2D eigenvalue weighted by atomic mass is 19.1. The molecule has 0 radical (unpaired) electrons. The minimum absolute atomic E-state index is 0.0473. The Morgan fingerprint density at radius 3 is 2.90 bits per heavy atom. The minimum Gasteiger partial charge on any atom is -0.476 e. The number of hydrogen-bond acceptors (Lipinski definition) is 5. The molecule has 2 amide bonds. The highest BCUT2D eigenvalue weighted by molar-refractivity contribution is 5.87. The molecule has 2 saturated heterocycles. The number of amides is 2. The van der Waals surface area contributed by atoms with Gasteiger partial charge in [0.15, 0.2) is 0 Å². The monoisotopic (exact) mass is 398 g/mol. The van der Waals surface area contributed by atoms with Gasteiger partial charge in [-0.2, -0.15) is 0 Å². The molecular weight excluding hydrogens is 375 g/mol. The van der Waals surface area contributed by atoms with Gasteiger partial charge in [0, 0.05) is 49.5 Å². The Morgan fingerprint density at radius 2 is 2.14 bits per heavy atom. The van der Waals surface area contributed by atoms with Gasteiger partial charge in [0.25, 0.3) is 0 Å². The molecule has 2 fully saturated rings. The number of halogens is 1. The van der Waals surface area contributed by atoms with Crippen molar-refractivity contribution in [2.75, 3.05) is 26.2 Å². The number of carbonyl (C=O) groups excluding carboxylic acids is 2. The van der Waals surface area contributed by atoms with Crippen molar-refractivity contribution in [3.8, 4) is 17.1 Å². The minimum atomic E-state index is -0.321. The second-order valence-electron chi connectivity index (χ2n) is 7.56. The molecule has 4 rings (SSSR count). The molecule has 1 aromatic carbocycles. The van der Waals surface area contributed by atoms with Gasteiger partial charge in [0.05, 0.1) is 12.3 Å². The summed E-state index contributed by atoms with van der Waals surface area (Å²) in [5, 5.41) is 10.9. The van der Waals surface area contributed by atoms with Crippen molar-refractivity contribution < 1.29 is 18.7 Å². The second-order valence-corrected chi connectivity index (χ2v) is 7.56. The predicted molar refractivity (Wildman–Crippen MR) is 103 cm³/mol. The number of rotatable bonds is 5. The summed E-state index contributed by atoms with van der Waals surface area (Å²) in [5.41, 5.74) is 1.23. The van der Waals surface area contributed by atoms with Crippen LogP contribution in [-0.2, 0) is 9.59 Å². The molecule has 1 aromatic heterocycles. The molecule has 2 aliphatic rings. The van der Waals surface area contributed by atoms with E-state index >= 15 is 0 Å². The Bertz CT molecular complexity index is 890. The van der Waals surface area contributed by atoms with E-state index in [9.17, 15) is 14.0 Å². The highest BCUT2D eigenvalue weighted by Crippen LogP contribution is 2.24. The lowest BCUT2D eigenvalue weighted by Gasteiger charge is -2.26. The molecule has 1 N–H and O–H groups in total. The number of carbonyl (C=O) groups is 2. The molecule has 2 atom stereocenters. The van der Waals surface area contributed by atoms with E-state index in [2.05, 4.69) is 15.5 Å². The Labute approximate surface area is 168 Å². The quantitative estimate of drug-likeness (QED) is 0.833. The third-order valence-electron chi connectivity index (χ3n) is 5.42. The molecule has 0 spiro atoms. The summed E-state index contributed by atoms with van der Waals surface area (Å²) in [6, 6.07) is 9.65. The summed E-state index contributed by atoms with van der Waals surface area (Å²) < 4.78 is 19.1. The van der Waals surface area contributed by atoms with Crippen molar-refractivity contribution in [1.29, 1.82) is 0 Å². The molecular formula is C21H23FN4O3. The van der Waals surface area contributed by atoms with Crippen LogP contribution in [0.2, 0.25) is 0 Å². The third kappa shape index (κ3) is 4.70. The second kappa shape index (κ2) is 8.55. The van der Waals surface area contributed by atoms with E-state index in [0.717, 1.165) is 6.42 Å². The van der Waals surface area contributed by atoms with Crippen molar-refractivity contribution in [1.82, 2.24) is 20.4 Å². The van der Waals surface area contributed by atoms with Gasteiger partial charge in [-0.25, -0.2) is 4.39 Å². The Morgan fingerprint density at radius 1 is 1.24 bits per heavy atom. The normalized spacial score (nSPS) is 21.7. The summed E-state index contributed by atoms with van der Waals surface area (Å²) in [4.78, 5) is 26.0. The van der Waals surface area contributed by atoms with E-state index in [0.29, 0.717) is 49.8 Å². The van der Waals surface area contributed by atoms with Gasteiger partial charge in [-0.05, 0) is 31.0 Å². The third-order valence-corrected chi connectivity index (χ3v) is 5.42. The van der Waals surface area contributed by atoms with Crippen molar-refractivity contribution >= 4 is 11.8 Å². The van der Waals surface area contributed by atoms with Crippen molar-refractivity contribution in [2.24, 2.45) is 11.8 Å². The molecule has 3 heterocycles. The molecule has 2 unspecified atom stereocenters. The van der Waals surface area contributed by atoms with E-state index in [1.54, 1.807) is 24.3 Å². The zero-order chi connectivity index (χ0) is 20.2. The van der Waals surface area contributed by atoms with Crippen LogP contribution >= 0.6 is 0 Å². The fraction of sp³-hybridized carbons (Fsp3) is 0.429. The van der Waals surface area contributed by atoms with Crippen LogP contribution in [0.3, 0.4) is 0 Å². The average molecular weight is 398 g/mol. The van der Waals surface area contributed by atoms with Gasteiger partial charge in [-0.3, -0.25) is 9.59 Å². The SMILES string of the molecule is O=C1CC(C(=O)N2CCC(COc3ccc(-c4cccc(F)c4)nn3)C2)CCN1. The first-order valence-electron chi connectivity index (χ1n) is 9.86. The first-order chi connectivity index (χ1) is 14.1. The van der Waals surface area contributed by atoms with Gasteiger partial charge in [-0.15, -0.1) is 10.2 Å². The van der Waals surface area contributed by atoms with Gasteiger partial charge in [0.2, 0.25) is 17.7 Å². The maximum Gasteiger partial charge on any atom is 0.233 e. The Kier molecular flexibility index (Phi) is 5.69. The lowest BCUT2D eigenvalue weighted by atomic mass is 9.96. The number of ether oxygens (including phenoxy) is 1. The fourth-order valence-corrected chi connectivity index (χ4v) is 3.82. The van der Waals surface area contributed by atoms with E-state index in [1.165, 1.54) is 12.1 Å². The molecule has 29 heavy (non-hydrogen) atoms. The molecule has 152 valence electrons. The summed E-state index contributed by atoms with van der Waals surface area (Å²) in [7, 11) is 0. The topological polar surface area (TPSA) is 84.4 Å². The average Bonchev–Trinajstić information content (AvgIpc) is 3.21. The van der Waals surface area contributed by atoms with Gasteiger partial charge < -0.3 is 15.0 Å². The lowest BCUT2D eigenvalue weighted by Crippen LogP contribution is -2.42. The number of nitrogens with one attached hydrogen (secondary N) is 1. The van der Waals surface area contributed by atoms with Gasteiger partial charge >= 0.3 is 0 Å². The highest BCUT2D eigenvalue weighted by Gasteiger charge is 2.33.